The van der Waals surface area contributed by atoms with Crippen LogP contribution in [0.4, 0.5) is 0 Å². The summed E-state index contributed by atoms with van der Waals surface area (Å²) in [5.74, 6) is 0. The molecule has 0 heterocycles. The van der Waals surface area contributed by atoms with E-state index in [4.69, 9.17) is 24.1 Å². The normalized spacial score (nSPS) is 12.0. The molecule has 0 aliphatic rings. The van der Waals surface area contributed by atoms with Crippen LogP contribution < -0.4 is 10.6 Å². The van der Waals surface area contributed by atoms with Gasteiger partial charge in [-0.2, -0.15) is 0 Å². The van der Waals surface area contributed by atoms with Crippen molar-refractivity contribution in [2.75, 3.05) is 0 Å². The second-order valence-electron chi connectivity index (χ2n) is 11.2. The first kappa shape index (κ1) is 30.4. The van der Waals surface area contributed by atoms with Crippen LogP contribution in [0.25, 0.3) is 21.5 Å². The lowest BCUT2D eigenvalue weighted by Crippen LogP contribution is -2.21. The molecule has 208 valence electrons. The third-order valence-electron chi connectivity index (χ3n) is 8.17. The van der Waals surface area contributed by atoms with Crippen LogP contribution in [0.5, 0.6) is 0 Å². The van der Waals surface area contributed by atoms with Crippen molar-refractivity contribution in [1.82, 2.24) is 0 Å². The topological polar surface area (TPSA) is 0 Å². The van der Waals surface area contributed by atoms with Crippen LogP contribution in [0.3, 0.4) is 0 Å². The van der Waals surface area contributed by atoms with Crippen LogP contribution in [0.2, 0.25) is 0 Å². The summed E-state index contributed by atoms with van der Waals surface area (Å²) in [6.45, 7) is 4.57. The Kier molecular flexibility index (Phi) is 12.0. The summed E-state index contributed by atoms with van der Waals surface area (Å²) in [6, 6.07) is 27.0. The summed E-state index contributed by atoms with van der Waals surface area (Å²) in [5, 5.41) is 5.48. The van der Waals surface area contributed by atoms with Crippen LogP contribution in [0, 0.1) is 0 Å². The predicted octanol–water partition coefficient (Wildman–Crippen LogP) is 11.1. The Morgan fingerprint density at radius 2 is 0.897 bits per heavy atom. The minimum Gasteiger partial charge on any atom is -0.133 e. The molecule has 4 aromatic rings. The van der Waals surface area contributed by atoms with Gasteiger partial charge in [0.2, 0.25) is 0 Å². The van der Waals surface area contributed by atoms with Crippen molar-refractivity contribution in [3.05, 3.63) is 83.9 Å². The predicted molar refractivity (Wildman–Crippen MR) is 185 cm³/mol. The van der Waals surface area contributed by atoms with Gasteiger partial charge in [0.05, 0.1) is 5.24 Å². The maximum Gasteiger partial charge on any atom is 0.0601 e. The van der Waals surface area contributed by atoms with Gasteiger partial charge in [0.25, 0.3) is 0 Å². The molecule has 0 saturated heterocycles. The monoisotopic (exact) mass is 574 g/mol. The van der Waals surface area contributed by atoms with Crippen molar-refractivity contribution in [1.29, 1.82) is 0 Å². The highest BCUT2D eigenvalue weighted by Gasteiger charge is 2.27. The van der Waals surface area contributed by atoms with E-state index < -0.39 is 5.24 Å². The van der Waals surface area contributed by atoms with Crippen LogP contribution in [-0.2, 0) is 24.6 Å². The minimum absolute atomic E-state index is 1.09. The van der Waals surface area contributed by atoms with Crippen molar-refractivity contribution in [3.8, 4) is 0 Å². The van der Waals surface area contributed by atoms with E-state index in [1.165, 1.54) is 120 Å². The first-order valence-electron chi connectivity index (χ1n) is 15.4. The number of rotatable bonds is 16. The van der Waals surface area contributed by atoms with Crippen LogP contribution in [0.1, 0.15) is 102 Å². The Balaban J connectivity index is 1.74. The number of benzene rings is 4. The Morgan fingerprint density at radius 1 is 0.513 bits per heavy atom. The van der Waals surface area contributed by atoms with Gasteiger partial charge in [-0.1, -0.05) is 163 Å². The van der Waals surface area contributed by atoms with Gasteiger partial charge in [-0.3, -0.25) is 0 Å². The molecule has 0 aromatic heterocycles. The number of hydrogen-bond donors (Lipinski definition) is 1. The molecular formula is C36H47PS2. The maximum atomic E-state index is 6.75. The highest BCUT2D eigenvalue weighted by Crippen LogP contribution is 2.53. The Hall–Kier alpha value is -1.60. The highest BCUT2D eigenvalue weighted by atomic mass is 32.9. The lowest BCUT2D eigenvalue weighted by Gasteiger charge is -2.27. The van der Waals surface area contributed by atoms with Gasteiger partial charge in [-0.15, -0.1) is 12.2 Å². The first-order chi connectivity index (χ1) is 19.1. The third kappa shape index (κ3) is 7.78. The fraction of sp³-hybridized carbons (Fsp3) is 0.444. The first-order valence-corrected chi connectivity index (χ1v) is 19.4. The number of thiol groups is 1. The van der Waals surface area contributed by atoms with Gasteiger partial charge in [-0.05, 0) is 58.4 Å². The lowest BCUT2D eigenvalue weighted by atomic mass is 10.0. The van der Waals surface area contributed by atoms with Crippen molar-refractivity contribution in [2.45, 2.75) is 104 Å². The number of aryl methyl sites for hydroxylation is 2. The second kappa shape index (κ2) is 15.4. The van der Waals surface area contributed by atoms with E-state index in [2.05, 4.69) is 86.6 Å². The molecule has 0 spiro atoms. The molecule has 0 radical (unpaired) electrons. The number of fused-ring (bicyclic) bond motifs is 2. The molecule has 0 nitrogen and oxygen atoms in total. The largest absolute Gasteiger partial charge is 0.133 e. The molecule has 0 N–H and O–H groups in total. The van der Waals surface area contributed by atoms with E-state index in [9.17, 15) is 0 Å². The van der Waals surface area contributed by atoms with E-state index in [1.54, 1.807) is 0 Å². The average molecular weight is 575 g/mol. The minimum atomic E-state index is -2.37. The number of hydrogen-bond acceptors (Lipinski definition) is 1. The van der Waals surface area contributed by atoms with Crippen molar-refractivity contribution >= 4 is 61.4 Å². The molecule has 3 heteroatoms. The summed E-state index contributed by atoms with van der Waals surface area (Å²) in [7, 11) is 0. The van der Waals surface area contributed by atoms with Gasteiger partial charge in [0, 0.05) is 10.6 Å². The van der Waals surface area contributed by atoms with Gasteiger partial charge in [-0.25, -0.2) is 0 Å². The zero-order valence-corrected chi connectivity index (χ0v) is 26.7. The van der Waals surface area contributed by atoms with E-state index in [1.807, 2.05) is 0 Å². The van der Waals surface area contributed by atoms with E-state index in [0.29, 0.717) is 0 Å². The molecule has 0 aliphatic carbocycles. The van der Waals surface area contributed by atoms with Crippen molar-refractivity contribution < 1.29 is 0 Å². The Labute approximate surface area is 248 Å². The summed E-state index contributed by atoms with van der Waals surface area (Å²) in [4.78, 5) is 0. The summed E-state index contributed by atoms with van der Waals surface area (Å²) >= 11 is 12.3. The third-order valence-corrected chi connectivity index (χ3v) is 12.7. The van der Waals surface area contributed by atoms with E-state index in [-0.39, 0.29) is 0 Å². The fourth-order valence-electron chi connectivity index (χ4n) is 6.02. The van der Waals surface area contributed by atoms with Gasteiger partial charge >= 0.3 is 0 Å². The van der Waals surface area contributed by atoms with Crippen molar-refractivity contribution in [2.24, 2.45) is 0 Å². The van der Waals surface area contributed by atoms with Crippen LogP contribution in [0.15, 0.2) is 72.8 Å². The lowest BCUT2D eigenvalue weighted by molar-refractivity contribution is 0.608. The molecule has 0 saturated carbocycles. The Bertz CT molecular complexity index is 1290. The molecule has 0 amide bonds. The molecule has 0 unspecified atom stereocenters. The van der Waals surface area contributed by atoms with Gasteiger partial charge < -0.3 is 0 Å². The van der Waals surface area contributed by atoms with Gasteiger partial charge in [0.1, 0.15) is 0 Å². The maximum absolute atomic E-state index is 6.75. The fourth-order valence-corrected chi connectivity index (χ4v) is 11.2. The molecule has 0 bridgehead atoms. The van der Waals surface area contributed by atoms with Gasteiger partial charge in [0.15, 0.2) is 0 Å². The summed E-state index contributed by atoms with van der Waals surface area (Å²) in [6.07, 6.45) is 17.8. The molecular weight excluding hydrogens is 528 g/mol. The molecule has 4 aromatic carbocycles. The SMILES string of the molecule is CCCCCCCCc1ccc2ccccc2c1P(=S)(S)c1c(CCCCCCCC)ccc2ccccc12. The van der Waals surface area contributed by atoms with Crippen LogP contribution in [-0.4, -0.2) is 0 Å². The molecule has 0 aliphatic heterocycles. The zero-order valence-electron chi connectivity index (χ0n) is 24.1. The van der Waals surface area contributed by atoms with Crippen molar-refractivity contribution in [3.63, 3.8) is 0 Å². The quantitative estimate of drug-likeness (QED) is 0.0789. The smallest absolute Gasteiger partial charge is 0.0601 e. The molecule has 4 rings (SSSR count). The summed E-state index contributed by atoms with van der Waals surface area (Å²) in [5.41, 5.74) is 2.84. The number of unbranched alkanes of at least 4 members (excludes halogenated alkanes) is 10. The second-order valence-corrected chi connectivity index (χ2v) is 17.5. The zero-order chi connectivity index (χ0) is 27.5. The van der Waals surface area contributed by atoms with E-state index >= 15 is 0 Å². The highest BCUT2D eigenvalue weighted by molar-refractivity contribution is 8.68. The molecule has 39 heavy (non-hydrogen) atoms. The molecule has 0 atom stereocenters. The average Bonchev–Trinajstić information content (AvgIpc) is 2.96. The Morgan fingerprint density at radius 3 is 1.33 bits per heavy atom. The van der Waals surface area contributed by atoms with Crippen LogP contribution >= 0.6 is 17.5 Å². The molecule has 0 fully saturated rings. The van der Waals surface area contributed by atoms with E-state index in [0.717, 1.165) is 12.8 Å². The summed E-state index contributed by atoms with van der Waals surface area (Å²) < 4.78 is 0. The standard InChI is InChI=1S/C36H47PS2/c1-3-5-7-9-11-13-21-31-27-25-29-19-15-17-23-33(29)35(31)37(38,39)36-32(22-14-12-10-8-6-4-2)28-26-30-20-16-18-24-34(30)36/h15-20,23-28H,3-14,21-22H2,1-2H3,(H,38,39).